The van der Waals surface area contributed by atoms with Gasteiger partial charge in [0.25, 0.3) is 0 Å². The number of benzene rings is 6. The van der Waals surface area contributed by atoms with Gasteiger partial charge in [-0.3, -0.25) is 4.99 Å². The zero-order valence-electron chi connectivity index (χ0n) is 48.2. The molecule has 0 radical (unpaired) electrons. The number of para-hydroxylation sites is 1. The van der Waals surface area contributed by atoms with Crippen LogP contribution >= 0.6 is 0 Å². The molecule has 3 N–H and O–H groups in total. The fourth-order valence-electron chi connectivity index (χ4n) is 6.96. The van der Waals surface area contributed by atoms with Gasteiger partial charge in [0.15, 0.2) is 0 Å². The van der Waals surface area contributed by atoms with Crippen molar-refractivity contribution in [3.05, 3.63) is 225 Å². The molecule has 5 heteroatoms. The molecule has 394 valence electrons. The van der Waals surface area contributed by atoms with E-state index in [0.29, 0.717) is 5.92 Å². The Labute approximate surface area is 446 Å². The largest absolute Gasteiger partial charge is 0.361 e. The first-order valence-electron chi connectivity index (χ1n) is 27.1. The van der Waals surface area contributed by atoms with E-state index in [0.717, 1.165) is 70.2 Å². The number of aryl methyl sites for hydroxylation is 9. The Bertz CT molecular complexity index is 2370. The topological polar surface area (TPSA) is 67.3 Å². The molecule has 0 aliphatic carbocycles. The number of H-pyrrole nitrogens is 1. The van der Waals surface area contributed by atoms with E-state index in [1.807, 2.05) is 33.2 Å². The molecule has 7 aromatic rings. The summed E-state index contributed by atoms with van der Waals surface area (Å²) in [6.07, 6.45) is 15.1. The molecule has 8 rings (SSSR count). The molecule has 0 saturated carbocycles. The maximum absolute atomic E-state index is 7.16. The first-order chi connectivity index (χ1) is 35.2. The fraction of sp³-hybridized carbons (Fsp3) is 0.382. The average Bonchev–Trinajstić information content (AvgIpc) is 4.12. The van der Waals surface area contributed by atoms with E-state index < -0.39 is 0 Å². The van der Waals surface area contributed by atoms with Crippen molar-refractivity contribution in [2.75, 3.05) is 27.7 Å². The van der Waals surface area contributed by atoms with Gasteiger partial charge in [0.2, 0.25) is 0 Å². The molecule has 73 heavy (non-hydrogen) atoms. The van der Waals surface area contributed by atoms with Crippen molar-refractivity contribution in [3.8, 4) is 0 Å². The Hall–Kier alpha value is -6.14. The van der Waals surface area contributed by atoms with Gasteiger partial charge in [-0.15, -0.1) is 0 Å². The predicted octanol–water partition coefficient (Wildman–Crippen LogP) is 17.6. The third-order valence-electron chi connectivity index (χ3n) is 12.2. The lowest BCUT2D eigenvalue weighted by molar-refractivity contribution is 0.402. The van der Waals surface area contributed by atoms with Gasteiger partial charge < -0.3 is 20.6 Å². The molecule has 0 bridgehead atoms. The first-order valence-corrected chi connectivity index (χ1v) is 27.1. The van der Waals surface area contributed by atoms with E-state index in [2.05, 4.69) is 261 Å². The number of rotatable bonds is 12. The molecule has 6 aromatic carbocycles. The molecule has 1 aliphatic rings. The molecule has 5 nitrogen and oxygen atoms in total. The minimum Gasteiger partial charge on any atom is -0.361 e. The minimum atomic E-state index is 0.389. The molecular formula is C68H97N5. The Kier molecular flexibility index (Phi) is 35.9. The second-order valence-corrected chi connectivity index (χ2v) is 18.7. The minimum absolute atomic E-state index is 0.389. The number of aliphatic imine (C=N–C) groups is 1. The summed E-state index contributed by atoms with van der Waals surface area (Å²) in [5.74, 6) is 0.389. The van der Waals surface area contributed by atoms with E-state index in [9.17, 15) is 0 Å². The SMILES string of the molecule is CCC1=CCC=N1.CCc1c[nH]c2ccccc12.CCc1ccc(C)cc1.CCc1ccc(C)cc1.CCc1ccc(C)cc1.CCc1ccc(CN(C)C)cc1.CCc1ccccc1.CNCC(C)C(C)=N. The maximum atomic E-state index is 7.16. The highest BCUT2D eigenvalue weighted by atomic mass is 15.0. The quantitative estimate of drug-likeness (QED) is 0.107. The van der Waals surface area contributed by atoms with Crippen LogP contribution in [-0.2, 0) is 45.1 Å². The molecule has 0 fully saturated rings. The van der Waals surface area contributed by atoms with Crippen molar-refractivity contribution in [1.29, 1.82) is 5.41 Å². The standard InChI is InChI=1S/C11H17N.C10H11N.3C9H12.C8H10.C6H14N2.C6H9N/c1-4-10-5-7-11(8-6-10)9-12(2)3;1-2-8-7-11-10-6-4-3-5-9(8)10;3*1-3-9-6-4-8(2)5-7-9;1-2-8-6-4-3-5-7-8;1-5(4-8-3)6(2)7;1-2-6-4-3-5-7-6/h5-8H,4,9H2,1-3H3;3-7,11H,2H2,1H3;3*4-7H,3H2,1-2H3;3-7H,2H2,1H3;5,7-8H,4H2,1-3H3;4-5H,2-3H2,1H3. The number of hydrogen-bond acceptors (Lipinski definition) is 4. The molecule has 0 saturated heterocycles. The summed E-state index contributed by atoms with van der Waals surface area (Å²) in [5.41, 5.74) is 17.1. The van der Waals surface area contributed by atoms with Gasteiger partial charge in [0.05, 0.1) is 0 Å². The molecule has 1 unspecified atom stereocenters. The summed E-state index contributed by atoms with van der Waals surface area (Å²) >= 11 is 0. The Morgan fingerprint density at radius 2 is 0.945 bits per heavy atom. The second kappa shape index (κ2) is 40.4. The first kappa shape index (κ1) is 64.9. The van der Waals surface area contributed by atoms with Gasteiger partial charge >= 0.3 is 0 Å². The summed E-state index contributed by atoms with van der Waals surface area (Å²) in [4.78, 5) is 9.51. The number of fused-ring (bicyclic) bond motifs is 1. The zero-order chi connectivity index (χ0) is 54.2. The molecule has 1 atom stereocenters. The number of nitrogens with one attached hydrogen (secondary N) is 3. The van der Waals surface area contributed by atoms with Crippen LogP contribution in [0.1, 0.15) is 131 Å². The summed E-state index contributed by atoms with van der Waals surface area (Å²) in [7, 11) is 6.08. The van der Waals surface area contributed by atoms with Gasteiger partial charge in [0, 0.05) is 60.2 Å². The van der Waals surface area contributed by atoms with Crippen molar-refractivity contribution in [2.24, 2.45) is 10.9 Å². The average molecular weight is 985 g/mol. The third kappa shape index (κ3) is 30.5. The molecule has 0 spiro atoms. The van der Waals surface area contributed by atoms with Crippen LogP contribution in [0.3, 0.4) is 0 Å². The molecular weight excluding hydrogens is 887 g/mol. The van der Waals surface area contributed by atoms with E-state index >= 15 is 0 Å². The fourth-order valence-corrected chi connectivity index (χ4v) is 6.96. The Morgan fingerprint density at radius 3 is 1.26 bits per heavy atom. The molecule has 1 aliphatic heterocycles. The smallest absolute Gasteiger partial charge is 0.0456 e. The van der Waals surface area contributed by atoms with Gasteiger partial charge in [-0.1, -0.05) is 224 Å². The van der Waals surface area contributed by atoms with Crippen LogP contribution in [0.2, 0.25) is 0 Å². The highest BCUT2D eigenvalue weighted by molar-refractivity contribution is 5.83. The third-order valence-corrected chi connectivity index (χ3v) is 12.2. The van der Waals surface area contributed by atoms with E-state index in [-0.39, 0.29) is 0 Å². The highest BCUT2D eigenvalue weighted by Gasteiger charge is 2.00. The van der Waals surface area contributed by atoms with E-state index in [1.54, 1.807) is 0 Å². The lowest BCUT2D eigenvalue weighted by Gasteiger charge is -2.09. The highest BCUT2D eigenvalue weighted by Crippen LogP contribution is 2.17. The summed E-state index contributed by atoms with van der Waals surface area (Å²) in [6, 6.07) is 53.6. The molecule has 0 amide bonds. The number of hydrogen-bond donors (Lipinski definition) is 3. The normalized spacial score (nSPS) is 11.0. The maximum Gasteiger partial charge on any atom is 0.0456 e. The summed E-state index contributed by atoms with van der Waals surface area (Å²) in [5, 5.41) is 11.5. The van der Waals surface area contributed by atoms with Crippen LogP contribution in [0.15, 0.2) is 175 Å². The van der Waals surface area contributed by atoms with Crippen LogP contribution in [0, 0.1) is 32.1 Å². The number of nitrogens with zero attached hydrogens (tertiary/aromatic N) is 2. The van der Waals surface area contributed by atoms with Crippen LogP contribution in [0.4, 0.5) is 0 Å². The monoisotopic (exact) mass is 984 g/mol. The van der Waals surface area contributed by atoms with Crippen molar-refractivity contribution in [1.82, 2.24) is 15.2 Å². The van der Waals surface area contributed by atoms with Gasteiger partial charge in [0.1, 0.15) is 0 Å². The van der Waals surface area contributed by atoms with Gasteiger partial charge in [-0.05, 0) is 139 Å². The van der Waals surface area contributed by atoms with Crippen molar-refractivity contribution in [3.63, 3.8) is 0 Å². The number of allylic oxidation sites excluding steroid dienone is 2. The Balaban J connectivity index is 0.000000419. The lowest BCUT2D eigenvalue weighted by atomic mass is 10.1. The summed E-state index contributed by atoms with van der Waals surface area (Å²) < 4.78 is 0. The predicted molar refractivity (Wildman–Crippen MR) is 326 cm³/mol. The van der Waals surface area contributed by atoms with Crippen molar-refractivity contribution >= 4 is 22.8 Å². The van der Waals surface area contributed by atoms with Crippen LogP contribution < -0.4 is 5.32 Å². The zero-order valence-corrected chi connectivity index (χ0v) is 48.2. The van der Waals surface area contributed by atoms with Crippen molar-refractivity contribution < 1.29 is 0 Å². The van der Waals surface area contributed by atoms with E-state index in [4.69, 9.17) is 5.41 Å². The van der Waals surface area contributed by atoms with Crippen LogP contribution in [0.5, 0.6) is 0 Å². The summed E-state index contributed by atoms with van der Waals surface area (Å²) in [6.45, 7) is 27.3. The van der Waals surface area contributed by atoms with Gasteiger partial charge in [-0.25, -0.2) is 0 Å². The lowest BCUT2D eigenvalue weighted by Crippen LogP contribution is -2.20. The van der Waals surface area contributed by atoms with Crippen molar-refractivity contribution in [2.45, 2.75) is 141 Å². The van der Waals surface area contributed by atoms with E-state index in [1.165, 1.54) is 72.2 Å². The Morgan fingerprint density at radius 1 is 0.548 bits per heavy atom. The van der Waals surface area contributed by atoms with Crippen LogP contribution in [0.25, 0.3) is 10.9 Å². The molecule has 2 heterocycles. The molecule has 1 aromatic heterocycles. The van der Waals surface area contributed by atoms with Gasteiger partial charge in [-0.2, -0.15) is 0 Å². The number of aromatic amines is 1. The second-order valence-electron chi connectivity index (χ2n) is 18.7. The number of aromatic nitrogens is 1. The van der Waals surface area contributed by atoms with Crippen LogP contribution in [-0.4, -0.2) is 49.5 Å².